The van der Waals surface area contributed by atoms with Gasteiger partial charge in [-0.05, 0) is 57.0 Å². The van der Waals surface area contributed by atoms with Crippen LogP contribution >= 0.6 is 0 Å². The van der Waals surface area contributed by atoms with Crippen molar-refractivity contribution in [3.05, 3.63) is 71.2 Å². The van der Waals surface area contributed by atoms with Gasteiger partial charge in [-0.2, -0.15) is 0 Å². The van der Waals surface area contributed by atoms with Gasteiger partial charge in [-0.25, -0.2) is 0 Å². The molecule has 0 saturated carbocycles. The summed E-state index contributed by atoms with van der Waals surface area (Å²) < 4.78 is 9.83. The fraction of sp³-hybridized carbons (Fsp3) is 0.435. The molecule has 1 saturated heterocycles. The van der Waals surface area contributed by atoms with E-state index in [1.165, 1.54) is 12.1 Å². The number of carbonyl (C=O) groups excluding carboxylic acids is 1. The number of carbonyl (C=O) groups is 1. The average Bonchev–Trinajstić information content (AvgIpc) is 3.36. The molecule has 4 heterocycles. The highest BCUT2D eigenvalue weighted by molar-refractivity contribution is 5.96. The first kappa shape index (κ1) is 18.7. The van der Waals surface area contributed by atoms with Crippen LogP contribution in [0.15, 0.2) is 47.2 Å². The molecule has 3 aromatic rings. The van der Waals surface area contributed by atoms with Crippen LogP contribution in [0, 0.1) is 13.8 Å². The Balaban J connectivity index is 1.66. The molecule has 5 nitrogen and oxygen atoms in total. The Hall–Kier alpha value is -2.69. The number of nitrogens with zero attached hydrogens (tertiary/aromatic N) is 3. The van der Waals surface area contributed by atoms with Gasteiger partial charge in [-0.15, -0.1) is 0 Å². The maximum absolute atomic E-state index is 13.6. The van der Waals surface area contributed by atoms with Crippen molar-refractivity contribution in [2.75, 3.05) is 6.54 Å². The molecule has 28 heavy (non-hydrogen) atoms. The van der Waals surface area contributed by atoms with Crippen molar-refractivity contribution in [1.82, 2.24) is 14.0 Å². The third-order valence-corrected chi connectivity index (χ3v) is 6.04. The summed E-state index contributed by atoms with van der Waals surface area (Å²) >= 11 is 0. The summed E-state index contributed by atoms with van der Waals surface area (Å²) in [5.41, 5.74) is 4.13. The monoisotopic (exact) mass is 379 g/mol. The summed E-state index contributed by atoms with van der Waals surface area (Å²) in [6.07, 6.45) is 8.20. The SMILES string of the molecule is Cc1cc(C(=O)N2CCCCC[C@@H]2c2cccn2C)c(C)n1Cc1ccco1. The molecular formula is C23H29N3O2. The summed E-state index contributed by atoms with van der Waals surface area (Å²) in [6, 6.07) is 10.3. The summed E-state index contributed by atoms with van der Waals surface area (Å²) in [6.45, 7) is 5.57. The van der Waals surface area contributed by atoms with Crippen molar-refractivity contribution in [3.63, 3.8) is 0 Å². The number of amides is 1. The van der Waals surface area contributed by atoms with E-state index >= 15 is 0 Å². The second-order valence-electron chi connectivity index (χ2n) is 7.86. The number of hydrogen-bond donors (Lipinski definition) is 0. The number of hydrogen-bond acceptors (Lipinski definition) is 2. The molecule has 4 rings (SSSR count). The molecule has 148 valence electrons. The Morgan fingerprint density at radius 1 is 1.18 bits per heavy atom. The van der Waals surface area contributed by atoms with E-state index in [4.69, 9.17) is 4.42 Å². The van der Waals surface area contributed by atoms with Gasteiger partial charge in [0, 0.05) is 36.9 Å². The maximum atomic E-state index is 13.6. The van der Waals surface area contributed by atoms with Crippen LogP contribution in [0.3, 0.4) is 0 Å². The third kappa shape index (κ3) is 3.41. The van der Waals surface area contributed by atoms with Crippen LogP contribution in [-0.2, 0) is 13.6 Å². The molecule has 0 radical (unpaired) electrons. The summed E-state index contributed by atoms with van der Waals surface area (Å²) in [5, 5.41) is 0. The van der Waals surface area contributed by atoms with Crippen molar-refractivity contribution in [2.24, 2.45) is 7.05 Å². The molecule has 5 heteroatoms. The van der Waals surface area contributed by atoms with Crippen molar-refractivity contribution < 1.29 is 9.21 Å². The largest absolute Gasteiger partial charge is 0.467 e. The number of aromatic nitrogens is 2. The molecule has 1 fully saturated rings. The van der Waals surface area contributed by atoms with Gasteiger partial charge in [0.15, 0.2) is 0 Å². The van der Waals surface area contributed by atoms with Crippen LogP contribution in [0.5, 0.6) is 0 Å². The van der Waals surface area contributed by atoms with Gasteiger partial charge in [0.2, 0.25) is 0 Å². The smallest absolute Gasteiger partial charge is 0.256 e. The second kappa shape index (κ2) is 7.74. The van der Waals surface area contributed by atoms with Crippen LogP contribution in [0.1, 0.15) is 64.9 Å². The molecule has 1 aliphatic rings. The van der Waals surface area contributed by atoms with E-state index in [0.717, 1.165) is 48.5 Å². The Labute approximate surface area is 166 Å². The zero-order valence-electron chi connectivity index (χ0n) is 17.0. The fourth-order valence-corrected chi connectivity index (χ4v) is 4.45. The molecule has 0 aromatic carbocycles. The standard InChI is InChI=1S/C23H29N3O2/c1-17-15-20(18(2)26(17)16-19-9-8-14-28-19)23(27)25-13-6-4-5-10-22(25)21-11-7-12-24(21)3/h7-9,11-12,14-15,22H,4-6,10,13,16H2,1-3H3/t22-/m1/s1. The second-order valence-corrected chi connectivity index (χ2v) is 7.86. The average molecular weight is 380 g/mol. The summed E-state index contributed by atoms with van der Waals surface area (Å²) in [7, 11) is 2.07. The predicted molar refractivity (Wildman–Crippen MR) is 109 cm³/mol. The van der Waals surface area contributed by atoms with E-state index in [9.17, 15) is 4.79 Å². The number of aryl methyl sites for hydroxylation is 2. The quantitative estimate of drug-likeness (QED) is 0.651. The molecule has 0 aliphatic carbocycles. The van der Waals surface area contributed by atoms with Gasteiger partial charge in [0.25, 0.3) is 5.91 Å². The highest BCUT2D eigenvalue weighted by atomic mass is 16.3. The zero-order chi connectivity index (χ0) is 19.7. The van der Waals surface area contributed by atoms with Crippen molar-refractivity contribution in [3.8, 4) is 0 Å². The fourth-order valence-electron chi connectivity index (χ4n) is 4.45. The molecular weight excluding hydrogens is 350 g/mol. The normalized spacial score (nSPS) is 17.7. The topological polar surface area (TPSA) is 43.3 Å². The van der Waals surface area contributed by atoms with E-state index in [1.54, 1.807) is 6.26 Å². The Bertz CT molecular complexity index is 949. The van der Waals surface area contributed by atoms with Crippen molar-refractivity contribution in [1.29, 1.82) is 0 Å². The lowest BCUT2D eigenvalue weighted by atomic mass is 10.1. The Morgan fingerprint density at radius 3 is 2.75 bits per heavy atom. The first-order chi connectivity index (χ1) is 13.6. The van der Waals surface area contributed by atoms with Crippen LogP contribution < -0.4 is 0 Å². The molecule has 0 unspecified atom stereocenters. The van der Waals surface area contributed by atoms with Crippen molar-refractivity contribution >= 4 is 5.91 Å². The summed E-state index contributed by atoms with van der Waals surface area (Å²) in [5.74, 6) is 1.05. The lowest BCUT2D eigenvalue weighted by molar-refractivity contribution is 0.0673. The lowest BCUT2D eigenvalue weighted by Gasteiger charge is -2.30. The van der Waals surface area contributed by atoms with Gasteiger partial charge in [-0.3, -0.25) is 4.79 Å². The minimum Gasteiger partial charge on any atom is -0.467 e. The lowest BCUT2D eigenvalue weighted by Crippen LogP contribution is -2.35. The molecule has 0 N–H and O–H groups in total. The zero-order valence-corrected chi connectivity index (χ0v) is 17.0. The molecule has 3 aromatic heterocycles. The molecule has 1 atom stereocenters. The van der Waals surface area contributed by atoms with Crippen molar-refractivity contribution in [2.45, 2.75) is 52.1 Å². The van der Waals surface area contributed by atoms with Gasteiger partial charge in [0.1, 0.15) is 5.76 Å². The minimum atomic E-state index is 0.142. The summed E-state index contributed by atoms with van der Waals surface area (Å²) in [4.78, 5) is 15.7. The van der Waals surface area contributed by atoms with Gasteiger partial charge >= 0.3 is 0 Å². The number of rotatable bonds is 4. The van der Waals surface area contributed by atoms with Crippen LogP contribution in [0.2, 0.25) is 0 Å². The first-order valence-electron chi connectivity index (χ1n) is 10.2. The predicted octanol–water partition coefficient (Wildman–Crippen LogP) is 4.84. The molecule has 1 amide bonds. The van der Waals surface area contributed by atoms with Crippen LogP contribution in [0.25, 0.3) is 0 Å². The van der Waals surface area contributed by atoms with Gasteiger partial charge in [0.05, 0.1) is 24.4 Å². The van der Waals surface area contributed by atoms with E-state index in [1.807, 2.05) is 25.1 Å². The maximum Gasteiger partial charge on any atom is 0.256 e. The number of likely N-dealkylation sites (tertiary alicyclic amines) is 1. The Morgan fingerprint density at radius 2 is 2.04 bits per heavy atom. The molecule has 1 aliphatic heterocycles. The highest BCUT2D eigenvalue weighted by Gasteiger charge is 2.30. The molecule has 0 bridgehead atoms. The number of furan rings is 1. The van der Waals surface area contributed by atoms with E-state index in [-0.39, 0.29) is 11.9 Å². The van der Waals surface area contributed by atoms with E-state index < -0.39 is 0 Å². The van der Waals surface area contributed by atoms with Crippen LogP contribution in [0.4, 0.5) is 0 Å². The van der Waals surface area contributed by atoms with Gasteiger partial charge < -0.3 is 18.5 Å². The van der Waals surface area contributed by atoms with Gasteiger partial charge in [-0.1, -0.05) is 12.8 Å². The minimum absolute atomic E-state index is 0.142. The van der Waals surface area contributed by atoms with Crippen LogP contribution in [-0.4, -0.2) is 26.5 Å². The molecule has 0 spiro atoms. The van der Waals surface area contributed by atoms with E-state index in [0.29, 0.717) is 6.54 Å². The first-order valence-corrected chi connectivity index (χ1v) is 10.2. The van der Waals surface area contributed by atoms with E-state index in [2.05, 4.69) is 46.3 Å². The Kier molecular flexibility index (Phi) is 5.16. The third-order valence-electron chi connectivity index (χ3n) is 6.04. The highest BCUT2D eigenvalue weighted by Crippen LogP contribution is 2.32.